The molecule has 1 amide bonds. The van der Waals surface area contributed by atoms with Crippen molar-refractivity contribution >= 4 is 17.5 Å². The van der Waals surface area contributed by atoms with Gasteiger partial charge in [0.15, 0.2) is 5.70 Å². The molecule has 1 aromatic heterocycles. The van der Waals surface area contributed by atoms with Crippen molar-refractivity contribution in [2.45, 2.75) is 19.6 Å². The van der Waals surface area contributed by atoms with E-state index < -0.39 is 41.6 Å². The number of hydrogen-bond donors (Lipinski definition) is 2. The molecule has 0 bridgehead atoms. The van der Waals surface area contributed by atoms with Crippen LogP contribution in [0.5, 0.6) is 5.75 Å². The molecule has 4 rings (SSSR count). The average molecular weight is 534 g/mol. The summed E-state index contributed by atoms with van der Waals surface area (Å²) < 4.78 is 60.3. The van der Waals surface area contributed by atoms with E-state index in [1.165, 1.54) is 30.3 Å². The van der Waals surface area contributed by atoms with Gasteiger partial charge in [0.25, 0.3) is 11.5 Å². The molecule has 3 aromatic rings. The molecule has 37 heavy (non-hydrogen) atoms. The van der Waals surface area contributed by atoms with Gasteiger partial charge in [-0.05, 0) is 48.4 Å². The maximum Gasteiger partial charge on any atom is 0.434 e. The molecule has 1 aliphatic rings. The van der Waals surface area contributed by atoms with Crippen LogP contribution in [0, 0.1) is 24.1 Å². The summed E-state index contributed by atoms with van der Waals surface area (Å²) in [5.41, 5.74) is -1.19. The molecule has 8 nitrogen and oxygen atoms in total. The molecule has 0 aliphatic carbocycles. The number of nitriles is 1. The lowest BCUT2D eigenvalue weighted by molar-refractivity contribution is -0.137. The van der Waals surface area contributed by atoms with Gasteiger partial charge in [-0.25, -0.2) is 9.49 Å². The molecule has 1 aliphatic heterocycles. The number of rotatable bonds is 5. The van der Waals surface area contributed by atoms with Crippen LogP contribution in [0.1, 0.15) is 16.8 Å². The van der Waals surface area contributed by atoms with Crippen LogP contribution in [-0.4, -0.2) is 33.8 Å². The normalized spacial score (nSPS) is 13.9. The summed E-state index contributed by atoms with van der Waals surface area (Å²) in [5.74, 6) is -2.96. The zero-order valence-electron chi connectivity index (χ0n) is 18.9. The summed E-state index contributed by atoms with van der Waals surface area (Å²) in [4.78, 5) is 26.4. The SMILES string of the molecule is Cc1ccc(-c2cc(CN3CNC(C(F)(F)F)=C(Oc4cc(Cl)cc(C#N)c4)C3=O)n[nH]c2=O)cc1F. The Bertz CT molecular complexity index is 1530. The highest BCUT2D eigenvalue weighted by atomic mass is 35.5. The summed E-state index contributed by atoms with van der Waals surface area (Å²) in [5, 5.41) is 17.4. The van der Waals surface area contributed by atoms with E-state index in [1.54, 1.807) is 13.0 Å². The van der Waals surface area contributed by atoms with E-state index in [0.717, 1.165) is 17.0 Å². The molecule has 190 valence electrons. The summed E-state index contributed by atoms with van der Waals surface area (Å²) in [6.07, 6.45) is -4.95. The summed E-state index contributed by atoms with van der Waals surface area (Å²) in [7, 11) is 0. The number of ether oxygens (including phenoxy) is 1. The van der Waals surface area contributed by atoms with Gasteiger partial charge >= 0.3 is 6.18 Å². The highest BCUT2D eigenvalue weighted by Crippen LogP contribution is 2.32. The lowest BCUT2D eigenvalue weighted by Crippen LogP contribution is -2.49. The topological polar surface area (TPSA) is 111 Å². The molecule has 13 heteroatoms. The van der Waals surface area contributed by atoms with Crippen LogP contribution in [0.25, 0.3) is 11.1 Å². The van der Waals surface area contributed by atoms with Crippen LogP contribution < -0.4 is 15.6 Å². The number of aryl methyl sites for hydroxylation is 1. The van der Waals surface area contributed by atoms with Crippen molar-refractivity contribution in [3.05, 3.63) is 91.9 Å². The van der Waals surface area contributed by atoms with Gasteiger partial charge in [-0.15, -0.1) is 0 Å². The number of halogens is 5. The molecule has 0 saturated carbocycles. The molecule has 0 spiro atoms. The Morgan fingerprint density at radius 2 is 1.95 bits per heavy atom. The fourth-order valence-corrected chi connectivity index (χ4v) is 3.76. The highest BCUT2D eigenvalue weighted by molar-refractivity contribution is 6.30. The Morgan fingerprint density at radius 3 is 2.62 bits per heavy atom. The molecule has 2 heterocycles. The zero-order chi connectivity index (χ0) is 26.9. The first-order valence-corrected chi connectivity index (χ1v) is 10.9. The van der Waals surface area contributed by atoms with Crippen molar-refractivity contribution < 1.29 is 27.1 Å². The van der Waals surface area contributed by atoms with Gasteiger partial charge < -0.3 is 15.0 Å². The van der Waals surface area contributed by atoms with Crippen LogP contribution in [-0.2, 0) is 11.3 Å². The second kappa shape index (κ2) is 9.94. The van der Waals surface area contributed by atoms with Crippen molar-refractivity contribution in [3.63, 3.8) is 0 Å². The van der Waals surface area contributed by atoms with E-state index in [1.807, 2.05) is 0 Å². The molecule has 0 saturated heterocycles. The molecular weight excluding hydrogens is 518 g/mol. The number of allylic oxidation sites excluding steroid dienone is 1. The quantitative estimate of drug-likeness (QED) is 0.477. The van der Waals surface area contributed by atoms with Crippen LogP contribution in [0.15, 0.2) is 58.7 Å². The van der Waals surface area contributed by atoms with E-state index in [9.17, 15) is 27.2 Å². The monoisotopic (exact) mass is 533 g/mol. The standard InChI is InChI=1S/C24H16ClF4N5O3/c1-12-2-3-14(6-19(12)26)18-8-16(32-33-22(18)35)10-34-11-31-21(24(27,28)29)20(23(34)36)37-17-5-13(9-30)4-15(25)7-17/h2-8,31H,10-11H2,1H3,(H,33,35). The predicted octanol–water partition coefficient (Wildman–Crippen LogP) is 4.15. The van der Waals surface area contributed by atoms with Crippen LogP contribution in [0.3, 0.4) is 0 Å². The fourth-order valence-electron chi connectivity index (χ4n) is 3.53. The van der Waals surface area contributed by atoms with Gasteiger partial charge in [0.2, 0.25) is 5.76 Å². The van der Waals surface area contributed by atoms with E-state index in [4.69, 9.17) is 21.6 Å². The van der Waals surface area contributed by atoms with Crippen LogP contribution in [0.2, 0.25) is 5.02 Å². The van der Waals surface area contributed by atoms with Crippen molar-refractivity contribution in [2.24, 2.45) is 0 Å². The minimum absolute atomic E-state index is 0.0160. The molecule has 0 unspecified atom stereocenters. The first kappa shape index (κ1) is 25.7. The Labute approximate surface area is 211 Å². The van der Waals surface area contributed by atoms with Crippen LogP contribution >= 0.6 is 11.6 Å². The number of nitrogens with one attached hydrogen (secondary N) is 2. The maximum atomic E-state index is 14.0. The molecule has 2 N–H and O–H groups in total. The maximum absolute atomic E-state index is 14.0. The molecule has 2 aromatic carbocycles. The Kier molecular flexibility index (Phi) is 6.91. The van der Waals surface area contributed by atoms with E-state index in [2.05, 4.69) is 15.5 Å². The number of carbonyl (C=O) groups is 1. The first-order valence-electron chi connectivity index (χ1n) is 10.5. The number of alkyl halides is 3. The number of nitrogens with zero attached hydrogens (tertiary/aromatic N) is 3. The fraction of sp³-hybridized carbons (Fsp3) is 0.167. The van der Waals surface area contributed by atoms with Crippen molar-refractivity contribution in [2.75, 3.05) is 6.67 Å². The third kappa shape index (κ3) is 5.57. The molecule has 0 atom stereocenters. The molecule has 0 fully saturated rings. The van der Waals surface area contributed by atoms with Crippen molar-refractivity contribution in [1.29, 1.82) is 5.26 Å². The predicted molar refractivity (Wildman–Crippen MR) is 123 cm³/mol. The van der Waals surface area contributed by atoms with E-state index in [0.29, 0.717) is 5.56 Å². The van der Waals surface area contributed by atoms with Gasteiger partial charge in [0, 0.05) is 5.02 Å². The smallest absolute Gasteiger partial charge is 0.434 e. The lowest BCUT2D eigenvalue weighted by atomic mass is 10.0. The minimum atomic E-state index is -4.95. The second-order valence-corrected chi connectivity index (χ2v) is 8.43. The molecular formula is C24H16ClF4N5O3. The zero-order valence-corrected chi connectivity index (χ0v) is 19.7. The van der Waals surface area contributed by atoms with Gasteiger partial charge in [-0.2, -0.15) is 23.5 Å². The number of aromatic nitrogens is 2. The number of amides is 1. The molecule has 0 radical (unpaired) electrons. The minimum Gasteiger partial charge on any atom is -0.449 e. The summed E-state index contributed by atoms with van der Waals surface area (Å²) in [6, 6.07) is 10.9. The third-order valence-electron chi connectivity index (χ3n) is 5.35. The summed E-state index contributed by atoms with van der Waals surface area (Å²) in [6.45, 7) is 0.693. The van der Waals surface area contributed by atoms with E-state index >= 15 is 0 Å². The van der Waals surface area contributed by atoms with Gasteiger partial charge in [0.1, 0.15) is 11.6 Å². The first-order chi connectivity index (χ1) is 17.5. The number of hydrogen-bond acceptors (Lipinski definition) is 6. The van der Waals surface area contributed by atoms with Crippen molar-refractivity contribution in [3.8, 4) is 22.9 Å². The largest absolute Gasteiger partial charge is 0.449 e. The van der Waals surface area contributed by atoms with E-state index in [-0.39, 0.29) is 39.7 Å². The Morgan fingerprint density at radius 1 is 1.19 bits per heavy atom. The number of carbonyl (C=O) groups excluding carboxylic acids is 1. The number of H-pyrrole nitrogens is 1. The van der Waals surface area contributed by atoms with Gasteiger partial charge in [-0.3, -0.25) is 9.59 Å². The highest BCUT2D eigenvalue weighted by Gasteiger charge is 2.44. The third-order valence-corrected chi connectivity index (χ3v) is 5.57. The van der Waals surface area contributed by atoms with Gasteiger partial charge in [0.05, 0.1) is 36.1 Å². The average Bonchev–Trinajstić information content (AvgIpc) is 2.83. The Hall–Kier alpha value is -4.37. The lowest BCUT2D eigenvalue weighted by Gasteiger charge is -2.31. The van der Waals surface area contributed by atoms with Gasteiger partial charge in [-0.1, -0.05) is 23.7 Å². The number of benzene rings is 2. The van der Waals surface area contributed by atoms with Crippen LogP contribution in [0.4, 0.5) is 17.6 Å². The number of aromatic amines is 1. The van der Waals surface area contributed by atoms with Crippen molar-refractivity contribution in [1.82, 2.24) is 20.4 Å². The second-order valence-electron chi connectivity index (χ2n) is 8.00. The Balaban J connectivity index is 1.66. The summed E-state index contributed by atoms with van der Waals surface area (Å²) >= 11 is 5.90.